The van der Waals surface area contributed by atoms with Crippen molar-refractivity contribution in [2.75, 3.05) is 0 Å². The molecule has 0 atom stereocenters. The number of rotatable bonds is 5. The van der Waals surface area contributed by atoms with E-state index in [1.54, 1.807) is 19.1 Å². The van der Waals surface area contributed by atoms with Crippen molar-refractivity contribution in [3.63, 3.8) is 0 Å². The maximum absolute atomic E-state index is 13.6. The van der Waals surface area contributed by atoms with Crippen LogP contribution < -0.4 is 10.9 Å². The van der Waals surface area contributed by atoms with Gasteiger partial charge in [-0.15, -0.1) is 11.3 Å². The lowest BCUT2D eigenvalue weighted by Crippen LogP contribution is -2.32. The lowest BCUT2D eigenvalue weighted by molar-refractivity contribution is -0.121. The lowest BCUT2D eigenvalue weighted by Gasteiger charge is -2.08. The van der Waals surface area contributed by atoms with E-state index < -0.39 is 0 Å². The average Bonchev–Trinajstić information content (AvgIpc) is 3.09. The molecule has 1 N–H and O–H groups in total. The van der Waals surface area contributed by atoms with Crippen LogP contribution in [0.3, 0.4) is 0 Å². The van der Waals surface area contributed by atoms with Crippen LogP contribution in [-0.4, -0.2) is 15.5 Å². The standard InChI is InChI=1S/C23H20FN3O2S/c1-14-8-9-16(10-18(14)24)11-25-19(28)12-27-13-26-22-20(23(27)29)15(2)21(30-22)17-6-4-3-5-7-17/h3-10,13H,11-12H2,1-2H3,(H,25,28). The number of nitrogens with one attached hydrogen (secondary N) is 1. The smallest absolute Gasteiger partial charge is 0.262 e. The number of fused-ring (bicyclic) bond motifs is 1. The number of benzene rings is 2. The number of carbonyl (C=O) groups excluding carboxylic acids is 1. The summed E-state index contributed by atoms with van der Waals surface area (Å²) in [5.74, 6) is -0.648. The highest BCUT2D eigenvalue weighted by Crippen LogP contribution is 2.35. The molecule has 0 bridgehead atoms. The summed E-state index contributed by atoms with van der Waals surface area (Å²) >= 11 is 1.47. The van der Waals surface area contributed by atoms with E-state index in [0.29, 0.717) is 21.3 Å². The van der Waals surface area contributed by atoms with E-state index in [2.05, 4.69) is 10.3 Å². The molecule has 4 rings (SSSR count). The topological polar surface area (TPSA) is 64.0 Å². The number of nitrogens with zero attached hydrogens (tertiary/aromatic N) is 2. The fraction of sp³-hybridized carbons (Fsp3) is 0.174. The lowest BCUT2D eigenvalue weighted by atomic mass is 10.1. The van der Waals surface area contributed by atoms with E-state index in [1.807, 2.05) is 37.3 Å². The third-order valence-corrected chi connectivity index (χ3v) is 6.24. The molecular weight excluding hydrogens is 401 g/mol. The summed E-state index contributed by atoms with van der Waals surface area (Å²) in [6.45, 7) is 3.63. The first-order valence-corrected chi connectivity index (χ1v) is 10.3. The van der Waals surface area contributed by atoms with E-state index in [0.717, 1.165) is 16.0 Å². The maximum atomic E-state index is 13.6. The Kier molecular flexibility index (Phi) is 5.46. The normalized spacial score (nSPS) is 11.0. The van der Waals surface area contributed by atoms with Gasteiger partial charge in [-0.25, -0.2) is 9.37 Å². The van der Waals surface area contributed by atoms with Crippen molar-refractivity contribution < 1.29 is 9.18 Å². The molecular formula is C23H20FN3O2S. The van der Waals surface area contributed by atoms with E-state index in [1.165, 1.54) is 28.3 Å². The molecule has 0 fully saturated rings. The van der Waals surface area contributed by atoms with Crippen LogP contribution in [0.2, 0.25) is 0 Å². The molecule has 5 nitrogen and oxygen atoms in total. The highest BCUT2D eigenvalue weighted by molar-refractivity contribution is 7.22. The van der Waals surface area contributed by atoms with Crippen LogP contribution in [0.25, 0.3) is 20.7 Å². The van der Waals surface area contributed by atoms with Gasteiger partial charge in [0.25, 0.3) is 5.56 Å². The number of halogens is 1. The van der Waals surface area contributed by atoms with Gasteiger partial charge in [0, 0.05) is 11.4 Å². The van der Waals surface area contributed by atoms with Crippen LogP contribution >= 0.6 is 11.3 Å². The van der Waals surface area contributed by atoms with E-state index in [4.69, 9.17) is 0 Å². The Labute approximate surface area is 176 Å². The first-order chi connectivity index (χ1) is 14.4. The van der Waals surface area contributed by atoms with Crippen LogP contribution in [0.5, 0.6) is 0 Å². The van der Waals surface area contributed by atoms with Gasteiger partial charge in [-0.05, 0) is 42.2 Å². The Hall–Kier alpha value is -3.32. The molecule has 30 heavy (non-hydrogen) atoms. The molecule has 2 aromatic carbocycles. The van der Waals surface area contributed by atoms with Crippen molar-refractivity contribution in [3.05, 3.63) is 87.7 Å². The van der Waals surface area contributed by atoms with Gasteiger partial charge < -0.3 is 5.32 Å². The first-order valence-electron chi connectivity index (χ1n) is 9.49. The zero-order valence-corrected chi connectivity index (χ0v) is 17.4. The highest BCUT2D eigenvalue weighted by atomic mass is 32.1. The molecule has 0 radical (unpaired) electrons. The van der Waals surface area contributed by atoms with Gasteiger partial charge in [-0.1, -0.05) is 42.5 Å². The molecule has 0 aliphatic rings. The number of carbonyl (C=O) groups is 1. The average molecular weight is 421 g/mol. The summed E-state index contributed by atoms with van der Waals surface area (Å²) in [7, 11) is 0. The van der Waals surface area contributed by atoms with Crippen molar-refractivity contribution in [2.24, 2.45) is 0 Å². The second-order valence-corrected chi connectivity index (χ2v) is 8.14. The van der Waals surface area contributed by atoms with E-state index in [9.17, 15) is 14.0 Å². The summed E-state index contributed by atoms with van der Waals surface area (Å²) in [4.78, 5) is 31.4. The van der Waals surface area contributed by atoms with Crippen molar-refractivity contribution in [2.45, 2.75) is 26.9 Å². The second kappa shape index (κ2) is 8.20. The number of aryl methyl sites for hydroxylation is 2. The third-order valence-electron chi connectivity index (χ3n) is 4.99. The third kappa shape index (κ3) is 3.89. The molecule has 152 valence electrons. The Morgan fingerprint density at radius 2 is 1.93 bits per heavy atom. The minimum Gasteiger partial charge on any atom is -0.350 e. The predicted molar refractivity (Wildman–Crippen MR) is 117 cm³/mol. The molecule has 4 aromatic rings. The van der Waals surface area contributed by atoms with Crippen LogP contribution in [0.15, 0.2) is 59.7 Å². The number of aromatic nitrogens is 2. The minimum atomic E-state index is -0.338. The number of hydrogen-bond acceptors (Lipinski definition) is 4. The maximum Gasteiger partial charge on any atom is 0.262 e. The quantitative estimate of drug-likeness (QED) is 0.525. The molecule has 2 heterocycles. The van der Waals surface area contributed by atoms with Gasteiger partial charge in [0.1, 0.15) is 17.2 Å². The van der Waals surface area contributed by atoms with Gasteiger partial charge in [0.05, 0.1) is 11.7 Å². The molecule has 0 saturated carbocycles. The van der Waals surface area contributed by atoms with Gasteiger partial charge >= 0.3 is 0 Å². The summed E-state index contributed by atoms with van der Waals surface area (Å²) < 4.78 is 15.0. The van der Waals surface area contributed by atoms with Gasteiger partial charge in [-0.3, -0.25) is 14.2 Å². The van der Waals surface area contributed by atoms with Gasteiger partial charge in [0.15, 0.2) is 0 Å². The molecule has 0 aliphatic heterocycles. The Morgan fingerprint density at radius 1 is 1.17 bits per heavy atom. The van der Waals surface area contributed by atoms with Crippen LogP contribution in [0.4, 0.5) is 4.39 Å². The Morgan fingerprint density at radius 3 is 2.67 bits per heavy atom. The summed E-state index contributed by atoms with van der Waals surface area (Å²) in [6, 6.07) is 14.7. The minimum absolute atomic E-state index is 0.147. The Bertz CT molecular complexity index is 1300. The highest BCUT2D eigenvalue weighted by Gasteiger charge is 2.16. The summed E-state index contributed by atoms with van der Waals surface area (Å²) in [5.41, 5.74) is 2.87. The van der Waals surface area contributed by atoms with Crippen molar-refractivity contribution >= 4 is 27.5 Å². The molecule has 2 aromatic heterocycles. The van der Waals surface area contributed by atoms with E-state index >= 15 is 0 Å². The summed E-state index contributed by atoms with van der Waals surface area (Å²) in [5, 5.41) is 3.26. The fourth-order valence-electron chi connectivity index (χ4n) is 3.29. The number of thiophene rings is 1. The molecule has 0 unspecified atom stereocenters. The van der Waals surface area contributed by atoms with Gasteiger partial charge in [-0.2, -0.15) is 0 Å². The van der Waals surface area contributed by atoms with Crippen molar-refractivity contribution in [1.82, 2.24) is 14.9 Å². The molecule has 0 aliphatic carbocycles. The first kappa shape index (κ1) is 20.0. The summed E-state index contributed by atoms with van der Waals surface area (Å²) in [6.07, 6.45) is 1.40. The fourth-order valence-corrected chi connectivity index (χ4v) is 4.44. The molecule has 0 saturated heterocycles. The zero-order chi connectivity index (χ0) is 21.3. The molecule has 7 heteroatoms. The second-order valence-electron chi connectivity index (χ2n) is 7.14. The van der Waals surface area contributed by atoms with Crippen LogP contribution in [0, 0.1) is 19.7 Å². The molecule has 1 amide bonds. The van der Waals surface area contributed by atoms with Crippen LogP contribution in [-0.2, 0) is 17.9 Å². The number of amides is 1. The zero-order valence-electron chi connectivity index (χ0n) is 16.6. The number of hydrogen-bond donors (Lipinski definition) is 1. The monoisotopic (exact) mass is 421 g/mol. The van der Waals surface area contributed by atoms with Crippen molar-refractivity contribution in [1.29, 1.82) is 0 Å². The molecule has 0 spiro atoms. The van der Waals surface area contributed by atoms with E-state index in [-0.39, 0.29) is 30.4 Å². The largest absolute Gasteiger partial charge is 0.350 e. The SMILES string of the molecule is Cc1ccc(CNC(=O)Cn2cnc3sc(-c4ccccc4)c(C)c3c2=O)cc1F. The van der Waals surface area contributed by atoms with Gasteiger partial charge in [0.2, 0.25) is 5.91 Å². The predicted octanol–water partition coefficient (Wildman–Crippen LogP) is 4.20. The van der Waals surface area contributed by atoms with Crippen LogP contribution in [0.1, 0.15) is 16.7 Å². The Balaban J connectivity index is 1.55. The van der Waals surface area contributed by atoms with Crippen molar-refractivity contribution in [3.8, 4) is 10.4 Å².